The molecule has 1 saturated heterocycles. The molecule has 2 aliphatic carbocycles. The third-order valence-corrected chi connectivity index (χ3v) is 8.79. The van der Waals surface area contributed by atoms with Crippen LogP contribution in [-0.4, -0.2) is 75.5 Å². The molecule has 3 atom stereocenters. The molecule has 3 unspecified atom stereocenters. The third kappa shape index (κ3) is 8.12. The first-order valence-corrected chi connectivity index (χ1v) is 15.4. The Balaban J connectivity index is 0.988. The molecule has 0 aromatic heterocycles. The van der Waals surface area contributed by atoms with Crippen LogP contribution in [0.25, 0.3) is 0 Å². The van der Waals surface area contributed by atoms with E-state index in [1.54, 1.807) is 0 Å². The van der Waals surface area contributed by atoms with Crippen LogP contribution in [0.15, 0.2) is 60.7 Å². The molecule has 42 heavy (non-hydrogen) atoms. The summed E-state index contributed by atoms with van der Waals surface area (Å²) < 4.78 is 11.3. The summed E-state index contributed by atoms with van der Waals surface area (Å²) in [4.78, 5) is 27.1. The molecule has 9 heteroatoms. The lowest BCUT2D eigenvalue weighted by Gasteiger charge is -2.32. The second kappa shape index (κ2) is 14.7. The van der Waals surface area contributed by atoms with Gasteiger partial charge in [0.1, 0.15) is 25.2 Å². The minimum absolute atomic E-state index is 0.0410. The highest BCUT2D eigenvalue weighted by molar-refractivity contribution is 5.95. The number of rotatable bonds is 14. The summed E-state index contributed by atoms with van der Waals surface area (Å²) in [5.74, 6) is 2.10. The standard InChI is InChI=1S/C33H45N5O4/c1-3-38(4-2)15-16-41-30-13-11-29(12-14-30)37-33-35-19-28(20-36-33)24-7-9-25(10-8-24)32(40)34-21-31(39)42-22-27-18-23-5-6-26(27)17-23/h5-14,23,26-28,33,35-37H,3-4,15-22H2,1-2H3,(H,34,40). The van der Waals surface area contributed by atoms with E-state index in [2.05, 4.69) is 52.2 Å². The fourth-order valence-corrected chi connectivity index (χ4v) is 6.15. The van der Waals surface area contributed by atoms with E-state index >= 15 is 0 Å². The number of esters is 1. The number of allylic oxidation sites excluding steroid dienone is 2. The average molecular weight is 576 g/mol. The Morgan fingerprint density at radius 3 is 2.33 bits per heavy atom. The van der Waals surface area contributed by atoms with Crippen LogP contribution in [0.2, 0.25) is 0 Å². The predicted molar refractivity (Wildman–Crippen MR) is 164 cm³/mol. The molecule has 2 aromatic carbocycles. The molecule has 5 rings (SSSR count). The van der Waals surface area contributed by atoms with Gasteiger partial charge in [-0.05, 0) is 85.6 Å². The lowest BCUT2D eigenvalue weighted by atomic mass is 9.95. The van der Waals surface area contributed by atoms with Gasteiger partial charge in [-0.25, -0.2) is 0 Å². The van der Waals surface area contributed by atoms with E-state index in [1.807, 2.05) is 48.5 Å². The summed E-state index contributed by atoms with van der Waals surface area (Å²) in [5, 5.41) is 13.2. The number of nitrogens with one attached hydrogen (secondary N) is 4. The van der Waals surface area contributed by atoms with Crippen molar-refractivity contribution in [3.63, 3.8) is 0 Å². The number of ether oxygens (including phenoxy) is 2. The highest BCUT2D eigenvalue weighted by Crippen LogP contribution is 2.43. The Morgan fingerprint density at radius 1 is 0.952 bits per heavy atom. The molecule has 2 fully saturated rings. The van der Waals surface area contributed by atoms with Crippen LogP contribution >= 0.6 is 0 Å². The molecule has 1 heterocycles. The molecule has 1 saturated carbocycles. The van der Waals surface area contributed by atoms with Crippen LogP contribution in [0.3, 0.4) is 0 Å². The van der Waals surface area contributed by atoms with Crippen molar-refractivity contribution >= 4 is 17.6 Å². The maximum Gasteiger partial charge on any atom is 0.325 e. The number of likely N-dealkylation sites (N-methyl/N-ethyl adjacent to an activating group) is 1. The molecule has 0 spiro atoms. The minimum atomic E-state index is -0.385. The third-order valence-electron chi connectivity index (χ3n) is 8.79. The van der Waals surface area contributed by atoms with E-state index in [0.29, 0.717) is 36.5 Å². The van der Waals surface area contributed by atoms with E-state index in [1.165, 1.54) is 6.42 Å². The van der Waals surface area contributed by atoms with Gasteiger partial charge in [0.05, 0.1) is 6.61 Å². The molecule has 226 valence electrons. The van der Waals surface area contributed by atoms with Crippen LogP contribution in [-0.2, 0) is 9.53 Å². The van der Waals surface area contributed by atoms with E-state index in [9.17, 15) is 9.59 Å². The Bertz CT molecular complexity index is 1190. The number of carbonyl (C=O) groups excluding carboxylic acids is 2. The molecule has 1 aliphatic heterocycles. The molecular formula is C33H45N5O4. The first-order valence-electron chi connectivity index (χ1n) is 15.4. The van der Waals surface area contributed by atoms with Gasteiger partial charge in [0.25, 0.3) is 5.91 Å². The summed E-state index contributed by atoms with van der Waals surface area (Å²) >= 11 is 0. The highest BCUT2D eigenvalue weighted by Gasteiger charge is 2.36. The van der Waals surface area contributed by atoms with Gasteiger partial charge < -0.3 is 25.0 Å². The highest BCUT2D eigenvalue weighted by atomic mass is 16.5. The van der Waals surface area contributed by atoms with Crippen molar-refractivity contribution < 1.29 is 19.1 Å². The number of amides is 1. The van der Waals surface area contributed by atoms with Crippen molar-refractivity contribution in [2.24, 2.45) is 17.8 Å². The Morgan fingerprint density at radius 2 is 1.69 bits per heavy atom. The molecule has 9 nitrogen and oxygen atoms in total. The van der Waals surface area contributed by atoms with Crippen molar-refractivity contribution in [2.45, 2.75) is 38.9 Å². The Kier molecular flexibility index (Phi) is 10.5. The second-order valence-corrected chi connectivity index (χ2v) is 11.5. The van der Waals surface area contributed by atoms with Crippen LogP contribution in [0, 0.1) is 17.8 Å². The molecule has 2 aromatic rings. The largest absolute Gasteiger partial charge is 0.492 e. The molecule has 1 amide bonds. The van der Waals surface area contributed by atoms with Crippen LogP contribution in [0.5, 0.6) is 5.75 Å². The first kappa shape index (κ1) is 30.1. The number of fused-ring (bicyclic) bond motifs is 2. The number of anilines is 1. The first-order chi connectivity index (χ1) is 20.5. The van der Waals surface area contributed by atoms with Crippen LogP contribution in [0.4, 0.5) is 5.69 Å². The lowest BCUT2D eigenvalue weighted by molar-refractivity contribution is -0.144. The van der Waals surface area contributed by atoms with E-state index in [0.717, 1.165) is 56.1 Å². The molecule has 4 N–H and O–H groups in total. The molecule has 2 bridgehead atoms. The van der Waals surface area contributed by atoms with Gasteiger partial charge in [-0.1, -0.05) is 38.1 Å². The predicted octanol–water partition coefficient (Wildman–Crippen LogP) is 3.56. The zero-order valence-corrected chi connectivity index (χ0v) is 24.8. The monoisotopic (exact) mass is 575 g/mol. The van der Waals surface area contributed by atoms with Gasteiger partial charge in [-0.2, -0.15) is 0 Å². The summed E-state index contributed by atoms with van der Waals surface area (Å²) in [6, 6.07) is 15.6. The number of nitrogens with zero attached hydrogens (tertiary/aromatic N) is 1. The van der Waals surface area contributed by atoms with E-state index in [4.69, 9.17) is 9.47 Å². The smallest absolute Gasteiger partial charge is 0.325 e. The topological polar surface area (TPSA) is 104 Å². The van der Waals surface area contributed by atoms with E-state index < -0.39 is 0 Å². The maximum absolute atomic E-state index is 12.6. The summed E-state index contributed by atoms with van der Waals surface area (Å²) in [7, 11) is 0. The number of hydrogen-bond donors (Lipinski definition) is 4. The molecule has 3 aliphatic rings. The minimum Gasteiger partial charge on any atom is -0.492 e. The number of carbonyl (C=O) groups is 2. The van der Waals surface area contributed by atoms with Crippen LogP contribution in [0.1, 0.15) is 48.5 Å². The zero-order valence-electron chi connectivity index (χ0n) is 24.8. The summed E-state index contributed by atoms with van der Waals surface area (Å²) in [6.45, 7) is 9.92. The van der Waals surface area contributed by atoms with Crippen molar-refractivity contribution in [3.05, 3.63) is 71.8 Å². The summed E-state index contributed by atoms with van der Waals surface area (Å²) in [6.07, 6.45) is 6.76. The van der Waals surface area contributed by atoms with Crippen molar-refractivity contribution in [3.8, 4) is 5.75 Å². The quantitative estimate of drug-likeness (QED) is 0.200. The van der Waals surface area contributed by atoms with Crippen LogP contribution < -0.4 is 26.0 Å². The van der Waals surface area contributed by atoms with Gasteiger partial charge in [-0.15, -0.1) is 0 Å². The number of hydrogen-bond acceptors (Lipinski definition) is 8. The molecule has 0 radical (unpaired) electrons. The molecular weight excluding hydrogens is 530 g/mol. The van der Waals surface area contributed by atoms with Crippen molar-refractivity contribution in [1.82, 2.24) is 20.9 Å². The number of benzene rings is 2. The zero-order chi connectivity index (χ0) is 29.3. The van der Waals surface area contributed by atoms with Gasteiger partial charge in [0.15, 0.2) is 0 Å². The SMILES string of the molecule is CCN(CC)CCOc1ccc(NC2NCC(c3ccc(C(=O)NCC(=O)OCC4CC5C=CC4C5)cc3)CN2)cc1. The van der Waals surface area contributed by atoms with E-state index in [-0.39, 0.29) is 30.6 Å². The fraction of sp³-hybridized carbons (Fsp3) is 0.515. The van der Waals surface area contributed by atoms with Gasteiger partial charge in [-0.3, -0.25) is 20.2 Å². The average Bonchev–Trinajstić information content (AvgIpc) is 3.66. The van der Waals surface area contributed by atoms with Gasteiger partial charge in [0, 0.05) is 36.8 Å². The summed E-state index contributed by atoms with van der Waals surface area (Å²) in [5.41, 5.74) is 2.69. The normalized spacial score (nSPS) is 24.5. The maximum atomic E-state index is 12.6. The lowest BCUT2D eigenvalue weighted by Crippen LogP contribution is -2.55. The van der Waals surface area contributed by atoms with Gasteiger partial charge in [0.2, 0.25) is 0 Å². The Hall–Kier alpha value is -3.40. The fourth-order valence-electron chi connectivity index (χ4n) is 6.15. The van der Waals surface area contributed by atoms with Crippen molar-refractivity contribution in [2.75, 3.05) is 57.8 Å². The van der Waals surface area contributed by atoms with Crippen molar-refractivity contribution in [1.29, 1.82) is 0 Å². The van der Waals surface area contributed by atoms with Gasteiger partial charge >= 0.3 is 5.97 Å². The second-order valence-electron chi connectivity index (χ2n) is 11.5. The Labute approximate surface area is 249 Å².